The van der Waals surface area contributed by atoms with Gasteiger partial charge >= 0.3 is 0 Å². The minimum Gasteiger partial charge on any atom is -0.359 e. The van der Waals surface area contributed by atoms with Crippen LogP contribution in [-0.2, 0) is 11.2 Å². The smallest absolute Gasteiger partial charge is 0.119 e. The number of aryl methyl sites for hydroxylation is 1. The van der Waals surface area contributed by atoms with E-state index in [1.807, 2.05) is 0 Å². The monoisotopic (exact) mass is 253 g/mol. The van der Waals surface area contributed by atoms with Crippen molar-refractivity contribution in [3.63, 3.8) is 0 Å². The second-order valence-electron chi connectivity index (χ2n) is 4.92. The molecule has 98 valence electrons. The fourth-order valence-electron chi connectivity index (χ4n) is 2.60. The topological polar surface area (TPSA) is 12.5 Å². The molecule has 0 amide bonds. The zero-order valence-electron chi connectivity index (χ0n) is 11.3. The van der Waals surface area contributed by atoms with E-state index in [1.165, 1.54) is 16.8 Å². The van der Waals surface area contributed by atoms with E-state index in [9.17, 15) is 0 Å². The van der Waals surface area contributed by atoms with Gasteiger partial charge in [-0.1, -0.05) is 49.4 Å². The first-order valence-electron chi connectivity index (χ1n) is 6.87. The Morgan fingerprint density at radius 2 is 1.95 bits per heavy atom. The summed E-state index contributed by atoms with van der Waals surface area (Å²) in [6, 6.07) is 19.7. The van der Waals surface area contributed by atoms with Crippen LogP contribution in [0.5, 0.6) is 0 Å². The molecule has 0 saturated carbocycles. The molecule has 3 rings (SSSR count). The standard InChI is InChI=1S/C17H19NO/c1-2-14-7-6-10-16(11-14)18-13-19-12-17(18)15-8-4-3-5-9-15/h3-11,17H,2,12-13H2,1H3. The summed E-state index contributed by atoms with van der Waals surface area (Å²) in [6.45, 7) is 3.63. The van der Waals surface area contributed by atoms with Crippen molar-refractivity contribution in [2.45, 2.75) is 19.4 Å². The van der Waals surface area contributed by atoms with Gasteiger partial charge in [-0.25, -0.2) is 0 Å². The summed E-state index contributed by atoms with van der Waals surface area (Å²) < 4.78 is 5.68. The fourth-order valence-corrected chi connectivity index (χ4v) is 2.60. The third kappa shape index (κ3) is 2.49. The van der Waals surface area contributed by atoms with Gasteiger partial charge in [0.2, 0.25) is 0 Å². The number of hydrogen-bond donors (Lipinski definition) is 0. The lowest BCUT2D eigenvalue weighted by atomic mass is 10.1. The predicted molar refractivity (Wildman–Crippen MR) is 78.3 cm³/mol. The quantitative estimate of drug-likeness (QED) is 0.825. The molecule has 2 aromatic rings. The second kappa shape index (κ2) is 5.45. The van der Waals surface area contributed by atoms with E-state index in [1.54, 1.807) is 0 Å². The van der Waals surface area contributed by atoms with Gasteiger partial charge < -0.3 is 9.64 Å². The van der Waals surface area contributed by atoms with Crippen LogP contribution in [0, 0.1) is 0 Å². The summed E-state index contributed by atoms with van der Waals surface area (Å²) in [4.78, 5) is 2.34. The molecule has 1 aliphatic rings. The van der Waals surface area contributed by atoms with Crippen LogP contribution in [0.4, 0.5) is 5.69 Å². The Morgan fingerprint density at radius 3 is 2.74 bits per heavy atom. The molecular weight excluding hydrogens is 234 g/mol. The maximum absolute atomic E-state index is 5.68. The first-order chi connectivity index (χ1) is 9.38. The van der Waals surface area contributed by atoms with E-state index < -0.39 is 0 Å². The predicted octanol–water partition coefficient (Wildman–Crippen LogP) is 3.78. The van der Waals surface area contributed by atoms with Gasteiger partial charge in [-0.15, -0.1) is 0 Å². The fraction of sp³-hybridized carbons (Fsp3) is 0.294. The Labute approximate surface area is 114 Å². The van der Waals surface area contributed by atoms with Gasteiger partial charge in [-0.05, 0) is 29.7 Å². The number of nitrogens with zero attached hydrogens (tertiary/aromatic N) is 1. The summed E-state index contributed by atoms with van der Waals surface area (Å²) in [5.74, 6) is 0. The lowest BCUT2D eigenvalue weighted by molar-refractivity contribution is 0.194. The van der Waals surface area contributed by atoms with Crippen LogP contribution in [0.1, 0.15) is 24.1 Å². The summed E-state index contributed by atoms with van der Waals surface area (Å²) in [6.07, 6.45) is 1.07. The molecule has 19 heavy (non-hydrogen) atoms. The Kier molecular flexibility index (Phi) is 3.51. The highest BCUT2D eigenvalue weighted by Gasteiger charge is 2.26. The number of ether oxygens (including phenoxy) is 1. The van der Waals surface area contributed by atoms with E-state index in [0.717, 1.165) is 13.0 Å². The number of rotatable bonds is 3. The number of hydrogen-bond acceptors (Lipinski definition) is 2. The van der Waals surface area contributed by atoms with Gasteiger partial charge in [-0.2, -0.15) is 0 Å². The molecule has 0 aliphatic carbocycles. The second-order valence-corrected chi connectivity index (χ2v) is 4.92. The van der Waals surface area contributed by atoms with Crippen molar-refractivity contribution < 1.29 is 4.74 Å². The Morgan fingerprint density at radius 1 is 1.11 bits per heavy atom. The molecule has 0 radical (unpaired) electrons. The lowest BCUT2D eigenvalue weighted by Crippen LogP contribution is -2.23. The Hall–Kier alpha value is -1.80. The van der Waals surface area contributed by atoms with Crippen LogP contribution in [-0.4, -0.2) is 13.3 Å². The van der Waals surface area contributed by atoms with Gasteiger partial charge in [0.05, 0.1) is 12.6 Å². The van der Waals surface area contributed by atoms with Gasteiger partial charge in [0.15, 0.2) is 0 Å². The summed E-state index contributed by atoms with van der Waals surface area (Å²) in [5, 5.41) is 0. The zero-order chi connectivity index (χ0) is 13.1. The number of anilines is 1. The molecule has 0 N–H and O–H groups in total. The molecule has 2 aromatic carbocycles. The minimum atomic E-state index is 0.327. The molecule has 1 unspecified atom stereocenters. The van der Waals surface area contributed by atoms with Crippen molar-refractivity contribution in [1.29, 1.82) is 0 Å². The van der Waals surface area contributed by atoms with Crippen molar-refractivity contribution in [2.24, 2.45) is 0 Å². The third-order valence-corrected chi connectivity index (χ3v) is 3.72. The van der Waals surface area contributed by atoms with Crippen LogP contribution >= 0.6 is 0 Å². The van der Waals surface area contributed by atoms with E-state index in [0.29, 0.717) is 12.8 Å². The van der Waals surface area contributed by atoms with Crippen LogP contribution < -0.4 is 4.90 Å². The first-order valence-corrected chi connectivity index (χ1v) is 6.87. The van der Waals surface area contributed by atoms with E-state index in [2.05, 4.69) is 66.4 Å². The van der Waals surface area contributed by atoms with Crippen molar-refractivity contribution in [3.8, 4) is 0 Å². The van der Waals surface area contributed by atoms with Crippen molar-refractivity contribution in [1.82, 2.24) is 0 Å². The first kappa shape index (κ1) is 12.2. The SMILES string of the molecule is CCc1cccc(N2COCC2c2ccccc2)c1. The van der Waals surface area contributed by atoms with Gasteiger partial charge in [0.1, 0.15) is 6.73 Å². The highest BCUT2D eigenvalue weighted by Crippen LogP contribution is 2.31. The molecule has 1 aliphatic heterocycles. The van der Waals surface area contributed by atoms with Crippen LogP contribution in [0.3, 0.4) is 0 Å². The van der Waals surface area contributed by atoms with Gasteiger partial charge in [0, 0.05) is 5.69 Å². The highest BCUT2D eigenvalue weighted by atomic mass is 16.5. The minimum absolute atomic E-state index is 0.327. The number of benzene rings is 2. The molecule has 0 spiro atoms. The summed E-state index contributed by atoms with van der Waals surface area (Å²) in [7, 11) is 0. The third-order valence-electron chi connectivity index (χ3n) is 3.72. The summed E-state index contributed by atoms with van der Waals surface area (Å²) in [5.41, 5.74) is 3.95. The molecule has 2 nitrogen and oxygen atoms in total. The average molecular weight is 253 g/mol. The van der Waals surface area contributed by atoms with Crippen LogP contribution in [0.2, 0.25) is 0 Å². The Bertz CT molecular complexity index is 538. The molecule has 2 heteroatoms. The van der Waals surface area contributed by atoms with Crippen LogP contribution in [0.15, 0.2) is 54.6 Å². The van der Waals surface area contributed by atoms with E-state index in [4.69, 9.17) is 4.74 Å². The molecule has 1 saturated heterocycles. The highest BCUT2D eigenvalue weighted by molar-refractivity contribution is 5.51. The largest absolute Gasteiger partial charge is 0.359 e. The van der Waals surface area contributed by atoms with E-state index >= 15 is 0 Å². The van der Waals surface area contributed by atoms with Crippen molar-refractivity contribution in [2.75, 3.05) is 18.2 Å². The maximum Gasteiger partial charge on any atom is 0.119 e. The van der Waals surface area contributed by atoms with E-state index in [-0.39, 0.29) is 0 Å². The molecule has 1 heterocycles. The average Bonchev–Trinajstić information content (AvgIpc) is 2.98. The lowest BCUT2D eigenvalue weighted by Gasteiger charge is -2.25. The molecule has 1 fully saturated rings. The normalized spacial score (nSPS) is 18.8. The van der Waals surface area contributed by atoms with Gasteiger partial charge in [0.25, 0.3) is 0 Å². The van der Waals surface area contributed by atoms with Crippen molar-refractivity contribution in [3.05, 3.63) is 65.7 Å². The Balaban J connectivity index is 1.90. The molecule has 1 atom stereocenters. The molecule has 0 bridgehead atoms. The summed E-state index contributed by atoms with van der Waals surface area (Å²) >= 11 is 0. The maximum atomic E-state index is 5.68. The zero-order valence-corrected chi connectivity index (χ0v) is 11.3. The molecule has 0 aromatic heterocycles. The molecular formula is C17H19NO. The van der Waals surface area contributed by atoms with Crippen LogP contribution in [0.25, 0.3) is 0 Å². The van der Waals surface area contributed by atoms with Crippen molar-refractivity contribution >= 4 is 5.69 Å². The van der Waals surface area contributed by atoms with Gasteiger partial charge in [-0.3, -0.25) is 0 Å².